The van der Waals surface area contributed by atoms with Crippen LogP contribution in [0.15, 0.2) is 35.2 Å². The highest BCUT2D eigenvalue weighted by Crippen LogP contribution is 2.43. The number of nitrogens with one attached hydrogen (secondary N) is 1. The van der Waals surface area contributed by atoms with Crippen molar-refractivity contribution in [2.75, 3.05) is 14.2 Å². The summed E-state index contributed by atoms with van der Waals surface area (Å²) in [5.74, 6) is -0.529. The predicted molar refractivity (Wildman–Crippen MR) is 105 cm³/mol. The number of nitriles is 1. The van der Waals surface area contributed by atoms with Crippen molar-refractivity contribution < 1.29 is 37.0 Å². The third kappa shape index (κ3) is 4.75. The molecule has 2 amide bonds. The molecule has 2 aromatic rings. The molecule has 1 fully saturated rings. The van der Waals surface area contributed by atoms with E-state index < -0.39 is 28.4 Å². The van der Waals surface area contributed by atoms with E-state index in [-0.39, 0.29) is 27.9 Å². The number of thioether (sulfide) groups is 1. The van der Waals surface area contributed by atoms with Crippen molar-refractivity contribution in [3.8, 4) is 29.1 Å². The molecule has 0 bridgehead atoms. The second-order valence-electron chi connectivity index (χ2n) is 6.03. The molecule has 3 rings (SSSR count). The van der Waals surface area contributed by atoms with Gasteiger partial charge in [0.05, 0.1) is 36.3 Å². The van der Waals surface area contributed by atoms with Gasteiger partial charge in [-0.15, -0.1) is 0 Å². The lowest BCUT2D eigenvalue weighted by molar-refractivity contribution is -0.137. The van der Waals surface area contributed by atoms with Crippen LogP contribution in [0.5, 0.6) is 23.0 Å². The van der Waals surface area contributed by atoms with Crippen LogP contribution in [0.1, 0.15) is 16.7 Å². The number of benzene rings is 2. The average molecular weight is 450 g/mol. The van der Waals surface area contributed by atoms with Crippen LogP contribution in [-0.2, 0) is 11.0 Å². The van der Waals surface area contributed by atoms with E-state index in [2.05, 4.69) is 5.32 Å². The Hall–Kier alpha value is -3.65. The molecule has 1 N–H and O–H groups in total. The largest absolute Gasteiger partial charge is 0.493 e. The van der Waals surface area contributed by atoms with Crippen molar-refractivity contribution in [2.45, 2.75) is 6.18 Å². The Kier molecular flexibility index (Phi) is 6.12. The van der Waals surface area contributed by atoms with Crippen LogP contribution in [0.4, 0.5) is 18.0 Å². The van der Waals surface area contributed by atoms with E-state index in [0.717, 1.165) is 17.8 Å². The molecule has 1 aliphatic rings. The highest BCUT2D eigenvalue weighted by Gasteiger charge is 2.34. The fraction of sp³-hybridized carbons (Fsp3) is 0.150. The van der Waals surface area contributed by atoms with Gasteiger partial charge in [-0.1, -0.05) is 0 Å². The molecule has 1 aliphatic heterocycles. The minimum Gasteiger partial charge on any atom is -0.493 e. The molecule has 1 heterocycles. The minimum atomic E-state index is -4.74. The fourth-order valence-electron chi connectivity index (χ4n) is 2.69. The normalized spacial score (nSPS) is 14.9. The Morgan fingerprint density at radius 3 is 2.23 bits per heavy atom. The zero-order chi connectivity index (χ0) is 22.8. The van der Waals surface area contributed by atoms with Crippen molar-refractivity contribution in [2.24, 2.45) is 0 Å². The third-order valence-electron chi connectivity index (χ3n) is 4.06. The third-order valence-corrected chi connectivity index (χ3v) is 4.87. The summed E-state index contributed by atoms with van der Waals surface area (Å²) < 4.78 is 55.8. The Balaban J connectivity index is 2.03. The lowest BCUT2D eigenvalue weighted by atomic mass is 10.1. The van der Waals surface area contributed by atoms with E-state index in [1.54, 1.807) is 0 Å². The van der Waals surface area contributed by atoms with Crippen LogP contribution in [0.25, 0.3) is 6.08 Å². The van der Waals surface area contributed by atoms with Crippen LogP contribution >= 0.6 is 11.8 Å². The van der Waals surface area contributed by atoms with Gasteiger partial charge in [-0.05, 0) is 53.7 Å². The Labute approximate surface area is 178 Å². The van der Waals surface area contributed by atoms with Crippen LogP contribution in [-0.4, -0.2) is 25.4 Å². The molecule has 0 atom stereocenters. The zero-order valence-electron chi connectivity index (χ0n) is 16.0. The van der Waals surface area contributed by atoms with E-state index in [9.17, 15) is 22.8 Å². The van der Waals surface area contributed by atoms with E-state index in [1.165, 1.54) is 44.6 Å². The second kappa shape index (κ2) is 8.61. The Morgan fingerprint density at radius 1 is 1.10 bits per heavy atom. The van der Waals surface area contributed by atoms with Gasteiger partial charge in [0, 0.05) is 0 Å². The average Bonchev–Trinajstić information content (AvgIpc) is 3.04. The molecule has 2 aromatic carbocycles. The highest BCUT2D eigenvalue weighted by molar-refractivity contribution is 8.18. The lowest BCUT2D eigenvalue weighted by Gasteiger charge is -2.16. The first-order valence-corrected chi connectivity index (χ1v) is 9.28. The first-order chi connectivity index (χ1) is 14.7. The number of methoxy groups -OCH3 is 2. The molecular formula is C20H13F3N2O5S. The van der Waals surface area contributed by atoms with Gasteiger partial charge in [0.25, 0.3) is 11.1 Å². The molecule has 0 aliphatic carbocycles. The molecule has 0 radical (unpaired) electrons. The molecule has 0 aromatic heterocycles. The number of hydrogen-bond donors (Lipinski definition) is 1. The van der Waals surface area contributed by atoms with Gasteiger partial charge in [-0.25, -0.2) is 0 Å². The van der Waals surface area contributed by atoms with Crippen LogP contribution in [0.3, 0.4) is 0 Å². The van der Waals surface area contributed by atoms with Gasteiger partial charge in [-0.3, -0.25) is 14.9 Å². The van der Waals surface area contributed by atoms with Gasteiger partial charge < -0.3 is 14.2 Å². The standard InChI is InChI=1S/C20H13F3N2O5S/c1-28-14-5-10(7-16-18(26)25-19(27)31-16)6-15(29-2)17(14)30-12-4-3-11(9-24)13(8-12)20(21,22)23/h3-8H,1-2H3,(H,25,26,27)/b16-7-. The summed E-state index contributed by atoms with van der Waals surface area (Å²) in [6.45, 7) is 0. The van der Waals surface area contributed by atoms with Crippen molar-refractivity contribution in [1.29, 1.82) is 5.26 Å². The van der Waals surface area contributed by atoms with Gasteiger partial charge in [0.2, 0.25) is 5.75 Å². The first kappa shape index (κ1) is 22.0. The number of halogens is 3. The predicted octanol–water partition coefficient (Wildman–Crippen LogP) is 4.71. The number of rotatable bonds is 5. The van der Waals surface area contributed by atoms with Crippen LogP contribution in [0, 0.1) is 11.3 Å². The number of carbonyl (C=O) groups is 2. The quantitative estimate of drug-likeness (QED) is 0.659. The van der Waals surface area contributed by atoms with Crippen molar-refractivity contribution in [1.82, 2.24) is 5.32 Å². The maximum Gasteiger partial charge on any atom is 0.417 e. The molecule has 7 nitrogen and oxygen atoms in total. The van der Waals surface area contributed by atoms with Gasteiger partial charge >= 0.3 is 6.18 Å². The number of nitrogens with zero attached hydrogens (tertiary/aromatic N) is 1. The van der Waals surface area contributed by atoms with Crippen LogP contribution in [0.2, 0.25) is 0 Å². The number of alkyl halides is 3. The molecule has 0 saturated carbocycles. The molecule has 160 valence electrons. The van der Waals surface area contributed by atoms with E-state index >= 15 is 0 Å². The summed E-state index contributed by atoms with van der Waals surface area (Å²) in [5.41, 5.74) is -1.24. The summed E-state index contributed by atoms with van der Waals surface area (Å²) in [5, 5.41) is 10.5. The van der Waals surface area contributed by atoms with E-state index in [1.807, 2.05) is 0 Å². The fourth-order valence-corrected chi connectivity index (χ4v) is 3.38. The summed E-state index contributed by atoms with van der Waals surface area (Å²) in [6, 6.07) is 7.36. The summed E-state index contributed by atoms with van der Waals surface area (Å²) in [7, 11) is 2.64. The van der Waals surface area contributed by atoms with Gasteiger partial charge in [0.15, 0.2) is 11.5 Å². The first-order valence-electron chi connectivity index (χ1n) is 8.46. The maximum absolute atomic E-state index is 13.2. The topological polar surface area (TPSA) is 97.7 Å². The number of amides is 2. The van der Waals surface area contributed by atoms with Gasteiger partial charge in [0.1, 0.15) is 5.75 Å². The van der Waals surface area contributed by atoms with E-state index in [0.29, 0.717) is 11.6 Å². The molecule has 11 heteroatoms. The van der Waals surface area contributed by atoms with Crippen molar-refractivity contribution in [3.05, 3.63) is 51.9 Å². The van der Waals surface area contributed by atoms with Crippen molar-refractivity contribution >= 4 is 29.0 Å². The smallest absolute Gasteiger partial charge is 0.417 e. The van der Waals surface area contributed by atoms with Crippen molar-refractivity contribution in [3.63, 3.8) is 0 Å². The molecule has 0 unspecified atom stereocenters. The van der Waals surface area contributed by atoms with Crippen LogP contribution < -0.4 is 19.5 Å². The monoisotopic (exact) mass is 450 g/mol. The Bertz CT molecular complexity index is 1110. The SMILES string of the molecule is COc1cc(/C=C2\SC(=O)NC2=O)cc(OC)c1Oc1ccc(C#N)c(C(F)(F)F)c1. The highest BCUT2D eigenvalue weighted by atomic mass is 32.2. The summed E-state index contributed by atoms with van der Waals surface area (Å²) in [6.07, 6.45) is -3.31. The second-order valence-corrected chi connectivity index (χ2v) is 7.04. The number of imide groups is 1. The number of carbonyl (C=O) groups excluding carboxylic acids is 2. The molecule has 0 spiro atoms. The number of ether oxygens (including phenoxy) is 3. The summed E-state index contributed by atoms with van der Waals surface area (Å²) in [4.78, 5) is 23.2. The van der Waals surface area contributed by atoms with Gasteiger partial charge in [-0.2, -0.15) is 18.4 Å². The maximum atomic E-state index is 13.2. The molecular weight excluding hydrogens is 437 g/mol. The number of hydrogen-bond acceptors (Lipinski definition) is 7. The Morgan fingerprint density at radius 2 is 1.74 bits per heavy atom. The summed E-state index contributed by atoms with van der Waals surface area (Å²) >= 11 is 0.725. The van der Waals surface area contributed by atoms with E-state index in [4.69, 9.17) is 19.5 Å². The zero-order valence-corrected chi connectivity index (χ0v) is 16.8. The lowest BCUT2D eigenvalue weighted by Crippen LogP contribution is -2.17. The molecule has 1 saturated heterocycles. The molecule has 31 heavy (non-hydrogen) atoms. The minimum absolute atomic E-state index is 0.00964.